The number of nitrogens with one attached hydrogen (secondary N) is 1. The third kappa shape index (κ3) is 3.57. The number of benzene rings is 1. The molecule has 0 spiro atoms. The minimum absolute atomic E-state index is 0.0700. The summed E-state index contributed by atoms with van der Waals surface area (Å²) in [4.78, 5) is 9.05. The van der Waals surface area contributed by atoms with Crippen molar-refractivity contribution < 1.29 is 14.2 Å². The van der Waals surface area contributed by atoms with Gasteiger partial charge in [0.05, 0.1) is 10.2 Å². The molecule has 3 rings (SSSR count). The molecule has 0 amide bonds. The van der Waals surface area contributed by atoms with E-state index >= 15 is 0 Å². The Morgan fingerprint density at radius 2 is 2.17 bits per heavy atom. The van der Waals surface area contributed by atoms with Gasteiger partial charge in [0, 0.05) is 7.05 Å². The lowest BCUT2D eigenvalue weighted by Gasteiger charge is -2.08. The number of halogens is 1. The van der Waals surface area contributed by atoms with Gasteiger partial charge in [0.2, 0.25) is 0 Å². The molecule has 1 aromatic carbocycles. The van der Waals surface area contributed by atoms with Gasteiger partial charge in [-0.1, -0.05) is 6.07 Å². The monoisotopic (exact) mass is 333 g/mol. The summed E-state index contributed by atoms with van der Waals surface area (Å²) in [6, 6.07) is 11.2. The molecule has 0 saturated carbocycles. The SMILES string of the molecule is CNc1cccc(-c2nc3ccc(OC[C@@H](O)CF)cc3s2)n1. The maximum Gasteiger partial charge on any atom is 0.143 e. The van der Waals surface area contributed by atoms with Gasteiger partial charge in [-0.25, -0.2) is 14.4 Å². The Labute approximate surface area is 136 Å². The molecule has 0 bridgehead atoms. The quantitative estimate of drug-likeness (QED) is 0.725. The van der Waals surface area contributed by atoms with E-state index in [9.17, 15) is 9.50 Å². The number of hydrogen-bond donors (Lipinski definition) is 2. The number of hydrogen-bond acceptors (Lipinski definition) is 6. The van der Waals surface area contributed by atoms with E-state index in [1.165, 1.54) is 11.3 Å². The van der Waals surface area contributed by atoms with Gasteiger partial charge in [-0.3, -0.25) is 0 Å². The summed E-state index contributed by atoms with van der Waals surface area (Å²) in [5, 5.41) is 13.0. The fourth-order valence-corrected chi connectivity index (χ4v) is 3.00. The third-order valence-electron chi connectivity index (χ3n) is 3.20. The van der Waals surface area contributed by atoms with Gasteiger partial charge in [0.25, 0.3) is 0 Å². The van der Waals surface area contributed by atoms with E-state index in [2.05, 4.69) is 15.3 Å². The van der Waals surface area contributed by atoms with Gasteiger partial charge in [-0.15, -0.1) is 11.3 Å². The highest BCUT2D eigenvalue weighted by Crippen LogP contribution is 2.31. The number of aliphatic hydroxyl groups is 1. The number of ether oxygens (including phenoxy) is 1. The highest BCUT2D eigenvalue weighted by Gasteiger charge is 2.10. The van der Waals surface area contributed by atoms with Crippen molar-refractivity contribution >= 4 is 27.4 Å². The number of rotatable bonds is 6. The predicted octanol–water partition coefficient (Wildman–Crippen LogP) is 3.11. The number of thiazole rings is 1. The summed E-state index contributed by atoms with van der Waals surface area (Å²) >= 11 is 1.51. The highest BCUT2D eigenvalue weighted by atomic mass is 32.1. The molecule has 0 radical (unpaired) electrons. The van der Waals surface area contributed by atoms with Crippen molar-refractivity contribution in [2.45, 2.75) is 6.10 Å². The number of aliphatic hydroxyl groups excluding tert-OH is 1. The standard InChI is InChI=1S/C16H16FN3O2S/c1-18-15-4-2-3-13(19-15)16-20-12-6-5-11(7-14(12)23-16)22-9-10(21)8-17/h2-7,10,21H,8-9H2,1H3,(H,18,19)/t10-/m0/s1. The maximum absolute atomic E-state index is 12.2. The van der Waals surface area contributed by atoms with Crippen LogP contribution in [0, 0.1) is 0 Å². The molecule has 0 aliphatic heterocycles. The summed E-state index contributed by atoms with van der Waals surface area (Å²) in [6.45, 7) is -0.889. The summed E-state index contributed by atoms with van der Waals surface area (Å²) in [6.07, 6.45) is -1.10. The van der Waals surface area contributed by atoms with Crippen LogP contribution in [-0.4, -0.2) is 41.5 Å². The molecule has 0 aliphatic carbocycles. The summed E-state index contributed by atoms with van der Waals surface area (Å²) < 4.78 is 18.6. The van der Waals surface area contributed by atoms with Crippen LogP contribution in [0.25, 0.3) is 20.9 Å². The Morgan fingerprint density at radius 3 is 2.96 bits per heavy atom. The molecule has 0 unspecified atom stereocenters. The fourth-order valence-electron chi connectivity index (χ4n) is 2.03. The maximum atomic E-state index is 12.2. The molecule has 7 heteroatoms. The van der Waals surface area contributed by atoms with Gasteiger partial charge in [-0.05, 0) is 30.3 Å². The van der Waals surface area contributed by atoms with E-state index in [4.69, 9.17) is 4.74 Å². The zero-order valence-corrected chi connectivity index (χ0v) is 13.3. The highest BCUT2D eigenvalue weighted by molar-refractivity contribution is 7.21. The van der Waals surface area contributed by atoms with Crippen LogP contribution in [0.2, 0.25) is 0 Å². The zero-order chi connectivity index (χ0) is 16.2. The Hall–Kier alpha value is -2.25. The molecule has 1 atom stereocenters. The molecule has 0 saturated heterocycles. The van der Waals surface area contributed by atoms with Crippen LogP contribution >= 0.6 is 11.3 Å². The number of fused-ring (bicyclic) bond motifs is 1. The van der Waals surface area contributed by atoms with Gasteiger partial charge >= 0.3 is 0 Å². The lowest BCUT2D eigenvalue weighted by atomic mass is 10.3. The van der Waals surface area contributed by atoms with E-state index < -0.39 is 12.8 Å². The second-order valence-electron chi connectivity index (χ2n) is 4.93. The smallest absolute Gasteiger partial charge is 0.143 e. The molecule has 0 aliphatic rings. The van der Waals surface area contributed by atoms with Crippen LogP contribution in [0.3, 0.4) is 0 Å². The lowest BCUT2D eigenvalue weighted by molar-refractivity contribution is 0.0842. The molecular formula is C16H16FN3O2S. The molecular weight excluding hydrogens is 317 g/mol. The van der Waals surface area contributed by atoms with Gasteiger partial charge in [0.1, 0.15) is 41.7 Å². The van der Waals surface area contributed by atoms with Crippen molar-refractivity contribution in [2.24, 2.45) is 0 Å². The van der Waals surface area contributed by atoms with Crippen molar-refractivity contribution in [2.75, 3.05) is 25.6 Å². The van der Waals surface area contributed by atoms with E-state index in [1.54, 1.807) is 6.07 Å². The summed E-state index contributed by atoms with van der Waals surface area (Å²) in [7, 11) is 1.82. The van der Waals surface area contributed by atoms with Crippen molar-refractivity contribution in [3.63, 3.8) is 0 Å². The number of aromatic nitrogens is 2. The van der Waals surface area contributed by atoms with E-state index in [0.717, 1.165) is 26.7 Å². The first-order chi connectivity index (χ1) is 11.2. The van der Waals surface area contributed by atoms with E-state index in [-0.39, 0.29) is 6.61 Å². The molecule has 2 heterocycles. The van der Waals surface area contributed by atoms with E-state index in [1.807, 2.05) is 37.4 Å². The Balaban J connectivity index is 1.86. The second-order valence-corrected chi connectivity index (χ2v) is 5.96. The minimum atomic E-state index is -1.10. The van der Waals surface area contributed by atoms with Crippen LogP contribution in [0.5, 0.6) is 5.75 Å². The van der Waals surface area contributed by atoms with Crippen molar-refractivity contribution in [3.05, 3.63) is 36.4 Å². The van der Waals surface area contributed by atoms with Gasteiger partial charge in [0.15, 0.2) is 0 Å². The molecule has 2 aromatic heterocycles. The topological polar surface area (TPSA) is 67.3 Å². The van der Waals surface area contributed by atoms with Crippen molar-refractivity contribution in [1.82, 2.24) is 9.97 Å². The Morgan fingerprint density at radius 1 is 1.30 bits per heavy atom. The van der Waals surface area contributed by atoms with Gasteiger partial charge in [-0.2, -0.15) is 0 Å². The molecule has 2 N–H and O–H groups in total. The van der Waals surface area contributed by atoms with Crippen LogP contribution < -0.4 is 10.1 Å². The Bertz CT molecular complexity index is 809. The molecule has 3 aromatic rings. The normalized spacial score (nSPS) is 12.3. The number of nitrogens with zero attached hydrogens (tertiary/aromatic N) is 2. The Kier molecular flexibility index (Phi) is 4.68. The first-order valence-electron chi connectivity index (χ1n) is 7.12. The average molecular weight is 333 g/mol. The molecule has 0 fully saturated rings. The molecule has 120 valence electrons. The number of alkyl halides is 1. The van der Waals surface area contributed by atoms with Crippen LogP contribution in [0.15, 0.2) is 36.4 Å². The largest absolute Gasteiger partial charge is 0.491 e. The van der Waals surface area contributed by atoms with Gasteiger partial charge < -0.3 is 15.2 Å². The van der Waals surface area contributed by atoms with Crippen LogP contribution in [0.4, 0.5) is 10.2 Å². The summed E-state index contributed by atoms with van der Waals surface area (Å²) in [5.41, 5.74) is 1.65. The second kappa shape index (κ2) is 6.89. The number of anilines is 1. The van der Waals surface area contributed by atoms with Crippen LogP contribution in [-0.2, 0) is 0 Å². The van der Waals surface area contributed by atoms with Crippen molar-refractivity contribution in [3.8, 4) is 16.5 Å². The lowest BCUT2D eigenvalue weighted by Crippen LogP contribution is -2.19. The number of pyridine rings is 1. The third-order valence-corrected chi connectivity index (χ3v) is 4.25. The van der Waals surface area contributed by atoms with Crippen molar-refractivity contribution in [1.29, 1.82) is 0 Å². The van der Waals surface area contributed by atoms with Crippen LogP contribution in [0.1, 0.15) is 0 Å². The fraction of sp³-hybridized carbons (Fsp3) is 0.250. The summed E-state index contributed by atoms with van der Waals surface area (Å²) in [5.74, 6) is 1.36. The minimum Gasteiger partial charge on any atom is -0.491 e. The first kappa shape index (κ1) is 15.6. The average Bonchev–Trinajstić information content (AvgIpc) is 3.03. The zero-order valence-electron chi connectivity index (χ0n) is 12.5. The predicted molar refractivity (Wildman–Crippen MR) is 89.9 cm³/mol. The molecule has 5 nitrogen and oxygen atoms in total. The van der Waals surface area contributed by atoms with E-state index in [0.29, 0.717) is 5.75 Å². The molecule has 23 heavy (non-hydrogen) atoms. The first-order valence-corrected chi connectivity index (χ1v) is 7.94.